The molecule has 2 amide bonds. The van der Waals surface area contributed by atoms with Crippen LogP contribution in [0.5, 0.6) is 0 Å². The Morgan fingerprint density at radius 1 is 1.09 bits per heavy atom. The van der Waals surface area contributed by atoms with Gasteiger partial charge >= 0.3 is 5.97 Å². The van der Waals surface area contributed by atoms with Crippen molar-refractivity contribution in [2.75, 3.05) is 13.2 Å². The molecule has 8 N–H and O–H groups in total. The summed E-state index contributed by atoms with van der Waals surface area (Å²) in [7, 11) is 0. The van der Waals surface area contributed by atoms with Crippen molar-refractivity contribution >= 4 is 24.1 Å². The van der Waals surface area contributed by atoms with Gasteiger partial charge in [0.05, 0.1) is 13.2 Å². The van der Waals surface area contributed by atoms with E-state index in [1.807, 2.05) is 0 Å². The lowest BCUT2D eigenvalue weighted by molar-refractivity contribution is -0.302. The highest BCUT2D eigenvalue weighted by atomic mass is 16.7. The van der Waals surface area contributed by atoms with Gasteiger partial charge in [0.25, 0.3) is 0 Å². The van der Waals surface area contributed by atoms with E-state index >= 15 is 0 Å². The molecule has 0 unspecified atom stereocenters. The topological polar surface area (TPSA) is 241 Å². The molecule has 0 aliphatic carbocycles. The number of ether oxygens (including phenoxy) is 3. The molecule has 1 saturated heterocycles. The fourth-order valence-corrected chi connectivity index (χ4v) is 3.32. The zero-order chi connectivity index (χ0) is 26.2. The monoisotopic (exact) mass is 496 g/mol. The number of hydrogen-bond donors (Lipinski definition) is 8. The zero-order valence-electron chi connectivity index (χ0n) is 18.8. The summed E-state index contributed by atoms with van der Waals surface area (Å²) in [4.78, 5) is 46.2. The Bertz CT molecular complexity index is 708. The molecule has 0 saturated carbocycles. The summed E-state index contributed by atoms with van der Waals surface area (Å²) >= 11 is 0. The minimum absolute atomic E-state index is 0.198. The minimum Gasteiger partial charge on any atom is -0.479 e. The standard InChI is InChI=1S/C19H32N2O13/c1-7(18(30)31)32-16(10(4-22)20-8(2)25)17(11(27)5-23)34-19-13(21-9(3)26)15(29)14(28)12(6-24)33-19/h4,7,10-17,19,23-24,27-29H,5-6H2,1-3H3,(H,20,25)(H,21,26)(H,30,31)/t7-,10+,11-,12-,13-,14-,15-,16-,17-,19+/m1/s1. The molecule has 1 heterocycles. The van der Waals surface area contributed by atoms with Crippen LogP contribution >= 0.6 is 0 Å². The number of aliphatic hydroxyl groups excluding tert-OH is 5. The van der Waals surface area contributed by atoms with E-state index in [9.17, 15) is 49.8 Å². The van der Waals surface area contributed by atoms with Crippen LogP contribution in [0.2, 0.25) is 0 Å². The SMILES string of the molecule is CC(=O)N[C@H]1[C@H](O[C@@H]([C@H](O[C@H](C)C(=O)O)[C@H](C=O)NC(C)=O)[C@H](O)CO)O[C@H](CO)[C@@H](O)[C@@H]1O. The number of aldehydes is 1. The maximum absolute atomic E-state index is 11.7. The lowest BCUT2D eigenvalue weighted by Crippen LogP contribution is -2.66. The third-order valence-corrected chi connectivity index (χ3v) is 5.01. The van der Waals surface area contributed by atoms with Gasteiger partial charge in [0.15, 0.2) is 12.4 Å². The van der Waals surface area contributed by atoms with Gasteiger partial charge in [-0.2, -0.15) is 0 Å². The Morgan fingerprint density at radius 3 is 2.15 bits per heavy atom. The smallest absolute Gasteiger partial charge is 0.332 e. The first-order valence-electron chi connectivity index (χ1n) is 10.3. The van der Waals surface area contributed by atoms with Gasteiger partial charge in [0.2, 0.25) is 11.8 Å². The number of amides is 2. The predicted molar refractivity (Wildman–Crippen MR) is 109 cm³/mol. The summed E-state index contributed by atoms with van der Waals surface area (Å²) in [5, 5.41) is 63.7. The summed E-state index contributed by atoms with van der Waals surface area (Å²) in [5.74, 6) is -2.85. The second-order valence-electron chi connectivity index (χ2n) is 7.73. The molecule has 1 rings (SSSR count). The average molecular weight is 496 g/mol. The maximum atomic E-state index is 11.7. The third kappa shape index (κ3) is 7.92. The lowest BCUT2D eigenvalue weighted by atomic mass is 9.96. The molecule has 34 heavy (non-hydrogen) atoms. The number of hydrogen-bond acceptors (Lipinski definition) is 12. The Balaban J connectivity index is 3.43. The van der Waals surface area contributed by atoms with E-state index in [-0.39, 0.29) is 6.29 Å². The van der Waals surface area contributed by atoms with Crippen molar-refractivity contribution in [3.8, 4) is 0 Å². The Kier molecular flexibility index (Phi) is 11.9. The molecule has 196 valence electrons. The van der Waals surface area contributed by atoms with Crippen LogP contribution in [0.1, 0.15) is 20.8 Å². The fourth-order valence-electron chi connectivity index (χ4n) is 3.32. The quantitative estimate of drug-likeness (QED) is 0.112. The van der Waals surface area contributed by atoms with E-state index in [0.717, 1.165) is 20.8 Å². The number of nitrogens with one attached hydrogen (secondary N) is 2. The first-order chi connectivity index (χ1) is 15.9. The average Bonchev–Trinajstić information content (AvgIpc) is 2.77. The van der Waals surface area contributed by atoms with Crippen molar-refractivity contribution in [2.24, 2.45) is 0 Å². The molecule has 15 heteroatoms. The highest BCUT2D eigenvalue weighted by molar-refractivity contribution is 5.77. The number of carbonyl (C=O) groups excluding carboxylic acids is 3. The second-order valence-corrected chi connectivity index (χ2v) is 7.73. The van der Waals surface area contributed by atoms with Crippen molar-refractivity contribution in [3.05, 3.63) is 0 Å². The van der Waals surface area contributed by atoms with Gasteiger partial charge in [0, 0.05) is 13.8 Å². The van der Waals surface area contributed by atoms with Gasteiger partial charge < -0.3 is 60.3 Å². The molecule has 1 aliphatic rings. The highest BCUT2D eigenvalue weighted by Crippen LogP contribution is 2.26. The van der Waals surface area contributed by atoms with Crippen LogP contribution in [-0.2, 0) is 33.4 Å². The van der Waals surface area contributed by atoms with Crippen LogP contribution in [0.3, 0.4) is 0 Å². The van der Waals surface area contributed by atoms with E-state index in [1.165, 1.54) is 0 Å². The van der Waals surface area contributed by atoms with Gasteiger partial charge in [-0.15, -0.1) is 0 Å². The van der Waals surface area contributed by atoms with Gasteiger partial charge in [0.1, 0.15) is 55.0 Å². The number of aliphatic carboxylic acids is 1. The first-order valence-corrected chi connectivity index (χ1v) is 10.3. The summed E-state index contributed by atoms with van der Waals surface area (Å²) in [6, 6.07) is -3.03. The number of rotatable bonds is 13. The molecule has 0 spiro atoms. The molecule has 0 aromatic heterocycles. The van der Waals surface area contributed by atoms with Crippen molar-refractivity contribution in [1.29, 1.82) is 0 Å². The Morgan fingerprint density at radius 2 is 1.71 bits per heavy atom. The van der Waals surface area contributed by atoms with Crippen LogP contribution in [-0.4, -0.2) is 129 Å². The molecular formula is C19H32N2O13. The summed E-state index contributed by atoms with van der Waals surface area (Å²) < 4.78 is 16.4. The van der Waals surface area contributed by atoms with Gasteiger partial charge in [-0.3, -0.25) is 9.59 Å². The summed E-state index contributed by atoms with van der Waals surface area (Å²) in [5.41, 5.74) is 0. The van der Waals surface area contributed by atoms with Crippen LogP contribution in [0.25, 0.3) is 0 Å². The molecule has 1 aliphatic heterocycles. The Hall–Kier alpha value is -2.24. The summed E-state index contributed by atoms with van der Waals surface area (Å²) in [6.45, 7) is 1.49. The molecule has 1 fully saturated rings. The van der Waals surface area contributed by atoms with E-state index in [2.05, 4.69) is 10.6 Å². The number of carboxylic acid groups (broad SMARTS) is 1. The third-order valence-electron chi connectivity index (χ3n) is 5.01. The molecule has 15 nitrogen and oxygen atoms in total. The molecule has 0 radical (unpaired) electrons. The van der Waals surface area contributed by atoms with Crippen LogP contribution in [0, 0.1) is 0 Å². The van der Waals surface area contributed by atoms with Crippen molar-refractivity contribution in [2.45, 2.75) is 81.9 Å². The molecule has 0 bridgehead atoms. The number of carboxylic acids is 1. The van der Waals surface area contributed by atoms with Crippen molar-refractivity contribution < 1.29 is 64.0 Å². The molecule has 0 aromatic rings. The summed E-state index contributed by atoms with van der Waals surface area (Å²) in [6.07, 6.45) is -13.2. The van der Waals surface area contributed by atoms with E-state index in [4.69, 9.17) is 14.2 Å². The maximum Gasteiger partial charge on any atom is 0.332 e. The first kappa shape index (κ1) is 29.8. The minimum atomic E-state index is -1.85. The van der Waals surface area contributed by atoms with E-state index in [0.29, 0.717) is 0 Å². The van der Waals surface area contributed by atoms with Gasteiger partial charge in [-0.1, -0.05) is 0 Å². The van der Waals surface area contributed by atoms with Crippen molar-refractivity contribution in [3.63, 3.8) is 0 Å². The lowest BCUT2D eigenvalue weighted by Gasteiger charge is -2.45. The number of aliphatic hydroxyl groups is 5. The second kappa shape index (κ2) is 13.6. The van der Waals surface area contributed by atoms with Crippen LogP contribution < -0.4 is 10.6 Å². The normalized spacial score (nSPS) is 29.2. The molecule has 10 atom stereocenters. The fraction of sp³-hybridized carbons (Fsp3) is 0.789. The van der Waals surface area contributed by atoms with E-state index in [1.54, 1.807) is 0 Å². The molecule has 0 aromatic carbocycles. The van der Waals surface area contributed by atoms with Gasteiger partial charge in [-0.25, -0.2) is 4.79 Å². The Labute approximate surface area is 194 Å². The highest BCUT2D eigenvalue weighted by Gasteiger charge is 2.48. The number of carbonyl (C=O) groups is 4. The van der Waals surface area contributed by atoms with Crippen molar-refractivity contribution in [1.82, 2.24) is 10.6 Å². The van der Waals surface area contributed by atoms with Gasteiger partial charge in [-0.05, 0) is 6.92 Å². The van der Waals surface area contributed by atoms with Crippen LogP contribution in [0.4, 0.5) is 0 Å². The molecular weight excluding hydrogens is 464 g/mol. The zero-order valence-corrected chi connectivity index (χ0v) is 18.8. The predicted octanol–water partition coefficient (Wildman–Crippen LogP) is -4.77. The van der Waals surface area contributed by atoms with Crippen LogP contribution in [0.15, 0.2) is 0 Å². The van der Waals surface area contributed by atoms with E-state index < -0.39 is 92.1 Å². The largest absolute Gasteiger partial charge is 0.479 e.